The Bertz CT molecular complexity index is 653. The molecule has 1 aromatic heterocycles. The lowest BCUT2D eigenvalue weighted by Gasteiger charge is -2.09. The van der Waals surface area contributed by atoms with Gasteiger partial charge in [-0.1, -0.05) is 30.3 Å². The van der Waals surface area contributed by atoms with Crippen LogP contribution in [0.15, 0.2) is 42.6 Å². The van der Waals surface area contributed by atoms with E-state index in [0.717, 1.165) is 11.1 Å². The van der Waals surface area contributed by atoms with Crippen LogP contribution in [-0.2, 0) is 16.0 Å². The number of carbonyl (C=O) groups excluding carboxylic acids is 1. The molecule has 0 aliphatic heterocycles. The molecular formula is C16H15NO4. The number of benzene rings is 1. The zero-order valence-electron chi connectivity index (χ0n) is 11.6. The van der Waals surface area contributed by atoms with Crippen molar-refractivity contribution < 1.29 is 19.4 Å². The van der Waals surface area contributed by atoms with Gasteiger partial charge in [0, 0.05) is 11.8 Å². The van der Waals surface area contributed by atoms with Gasteiger partial charge < -0.3 is 9.84 Å². The molecule has 21 heavy (non-hydrogen) atoms. The molecule has 5 heteroatoms. The average Bonchev–Trinajstić information content (AvgIpc) is 2.48. The summed E-state index contributed by atoms with van der Waals surface area (Å²) >= 11 is 0. The summed E-state index contributed by atoms with van der Waals surface area (Å²) in [5, 5.41) is 8.90. The van der Waals surface area contributed by atoms with Crippen LogP contribution < -0.4 is 0 Å². The first kappa shape index (κ1) is 14.7. The number of pyridine rings is 1. The molecule has 0 aliphatic carbocycles. The summed E-state index contributed by atoms with van der Waals surface area (Å²) in [6.45, 7) is 1.92. The Hall–Kier alpha value is -2.69. The topological polar surface area (TPSA) is 76.5 Å². The van der Waals surface area contributed by atoms with Crippen LogP contribution in [-0.4, -0.2) is 28.6 Å². The summed E-state index contributed by atoms with van der Waals surface area (Å²) in [7, 11) is 0. The van der Waals surface area contributed by atoms with E-state index in [4.69, 9.17) is 9.84 Å². The summed E-state index contributed by atoms with van der Waals surface area (Å²) < 4.78 is 4.97. The molecule has 5 nitrogen and oxygen atoms in total. The fraction of sp³-hybridized carbons (Fsp3) is 0.188. The lowest BCUT2D eigenvalue weighted by Crippen LogP contribution is -2.13. The maximum Gasteiger partial charge on any atom is 0.340 e. The molecule has 0 amide bonds. The molecule has 108 valence electrons. The summed E-state index contributed by atoms with van der Waals surface area (Å²) in [6.07, 6.45) is 1.25. The number of aromatic nitrogens is 1. The number of carbonyl (C=O) groups is 2. The fourth-order valence-electron chi connectivity index (χ4n) is 1.95. The smallest absolute Gasteiger partial charge is 0.340 e. The number of aliphatic carboxylic acids is 1. The van der Waals surface area contributed by atoms with Crippen molar-refractivity contribution in [2.45, 2.75) is 13.3 Å². The van der Waals surface area contributed by atoms with E-state index >= 15 is 0 Å². The van der Waals surface area contributed by atoms with Crippen LogP contribution in [0.1, 0.15) is 23.0 Å². The number of carboxylic acids is 1. The molecule has 0 unspecified atom stereocenters. The van der Waals surface area contributed by atoms with Crippen molar-refractivity contribution >= 4 is 11.9 Å². The number of rotatable bonds is 5. The van der Waals surface area contributed by atoms with E-state index in [2.05, 4.69) is 4.98 Å². The van der Waals surface area contributed by atoms with E-state index in [1.807, 2.05) is 30.3 Å². The molecule has 0 aliphatic rings. The first-order chi connectivity index (χ1) is 10.1. The van der Waals surface area contributed by atoms with Gasteiger partial charge in [-0.2, -0.15) is 0 Å². The predicted molar refractivity (Wildman–Crippen MR) is 77.0 cm³/mol. The van der Waals surface area contributed by atoms with Crippen molar-refractivity contribution in [2.24, 2.45) is 0 Å². The first-order valence-electron chi connectivity index (χ1n) is 6.55. The lowest BCUT2D eigenvalue weighted by atomic mass is 10.0. The third-order valence-corrected chi connectivity index (χ3v) is 2.89. The highest BCUT2D eigenvalue weighted by Gasteiger charge is 2.17. The molecule has 2 rings (SSSR count). The Labute approximate surface area is 122 Å². The van der Waals surface area contributed by atoms with E-state index in [0.29, 0.717) is 0 Å². The molecule has 0 atom stereocenters. The molecule has 0 bridgehead atoms. The van der Waals surface area contributed by atoms with Crippen LogP contribution in [0.25, 0.3) is 11.1 Å². The van der Waals surface area contributed by atoms with Gasteiger partial charge in [-0.05, 0) is 18.6 Å². The maximum absolute atomic E-state index is 12.0. The van der Waals surface area contributed by atoms with E-state index in [-0.39, 0.29) is 24.3 Å². The summed E-state index contributed by atoms with van der Waals surface area (Å²) in [5.41, 5.74) is 2.05. The zero-order valence-corrected chi connectivity index (χ0v) is 11.6. The van der Waals surface area contributed by atoms with Crippen LogP contribution in [0, 0.1) is 0 Å². The van der Waals surface area contributed by atoms with Crippen molar-refractivity contribution in [3.05, 3.63) is 53.9 Å². The minimum Gasteiger partial charge on any atom is -0.481 e. The van der Waals surface area contributed by atoms with E-state index in [1.165, 1.54) is 0 Å². The third-order valence-electron chi connectivity index (χ3n) is 2.89. The van der Waals surface area contributed by atoms with Crippen molar-refractivity contribution in [1.82, 2.24) is 4.98 Å². The van der Waals surface area contributed by atoms with E-state index in [1.54, 1.807) is 19.2 Å². The molecule has 1 heterocycles. The van der Waals surface area contributed by atoms with Crippen LogP contribution in [0.3, 0.4) is 0 Å². The number of hydrogen-bond acceptors (Lipinski definition) is 4. The van der Waals surface area contributed by atoms with Gasteiger partial charge in [0.15, 0.2) is 0 Å². The summed E-state index contributed by atoms with van der Waals surface area (Å²) in [6, 6.07) is 11.1. The van der Waals surface area contributed by atoms with Gasteiger partial charge in [-0.3, -0.25) is 9.78 Å². The highest BCUT2D eigenvalue weighted by Crippen LogP contribution is 2.21. The largest absolute Gasteiger partial charge is 0.481 e. The Morgan fingerprint density at radius 3 is 2.52 bits per heavy atom. The van der Waals surface area contributed by atoms with Gasteiger partial charge in [-0.25, -0.2) is 4.79 Å². The number of esters is 1. The average molecular weight is 285 g/mol. The number of hydrogen-bond donors (Lipinski definition) is 1. The Morgan fingerprint density at radius 1 is 1.19 bits per heavy atom. The Balaban J connectivity index is 2.45. The summed E-state index contributed by atoms with van der Waals surface area (Å²) in [5.74, 6) is -1.60. The summed E-state index contributed by atoms with van der Waals surface area (Å²) in [4.78, 5) is 27.0. The molecule has 1 aromatic carbocycles. The van der Waals surface area contributed by atoms with Crippen molar-refractivity contribution in [2.75, 3.05) is 6.61 Å². The van der Waals surface area contributed by atoms with Crippen molar-refractivity contribution in [1.29, 1.82) is 0 Å². The molecule has 1 N–H and O–H groups in total. The van der Waals surface area contributed by atoms with Gasteiger partial charge in [0.1, 0.15) is 0 Å². The third kappa shape index (κ3) is 3.66. The SMILES string of the molecule is CCOC(=O)c1cc(-c2ccccc2)cnc1CC(=O)O. The van der Waals surface area contributed by atoms with Crippen LogP contribution in [0.4, 0.5) is 0 Å². The van der Waals surface area contributed by atoms with Crippen LogP contribution in [0.5, 0.6) is 0 Å². The number of ether oxygens (including phenoxy) is 1. The molecule has 0 fully saturated rings. The van der Waals surface area contributed by atoms with Crippen molar-refractivity contribution in [3.8, 4) is 11.1 Å². The zero-order chi connectivity index (χ0) is 15.2. The number of nitrogens with zero attached hydrogens (tertiary/aromatic N) is 1. The molecule has 0 saturated carbocycles. The van der Waals surface area contributed by atoms with Gasteiger partial charge in [0.2, 0.25) is 0 Å². The Kier molecular flexibility index (Phi) is 4.66. The second-order valence-electron chi connectivity index (χ2n) is 4.38. The number of carboxylic acid groups (broad SMARTS) is 1. The molecular weight excluding hydrogens is 270 g/mol. The lowest BCUT2D eigenvalue weighted by molar-refractivity contribution is -0.136. The van der Waals surface area contributed by atoms with Crippen LogP contribution >= 0.6 is 0 Å². The standard InChI is InChI=1S/C16H15NO4/c1-2-21-16(20)13-8-12(11-6-4-3-5-7-11)10-17-14(13)9-15(18)19/h3-8,10H,2,9H2,1H3,(H,18,19). The molecule has 0 radical (unpaired) electrons. The normalized spacial score (nSPS) is 10.1. The molecule has 0 saturated heterocycles. The predicted octanol–water partition coefficient (Wildman–Crippen LogP) is 2.55. The highest BCUT2D eigenvalue weighted by molar-refractivity contribution is 5.93. The first-order valence-corrected chi connectivity index (χ1v) is 6.55. The van der Waals surface area contributed by atoms with Crippen LogP contribution in [0.2, 0.25) is 0 Å². The van der Waals surface area contributed by atoms with E-state index < -0.39 is 11.9 Å². The van der Waals surface area contributed by atoms with Gasteiger partial charge >= 0.3 is 11.9 Å². The van der Waals surface area contributed by atoms with Gasteiger partial charge in [0.05, 0.1) is 24.3 Å². The monoisotopic (exact) mass is 285 g/mol. The van der Waals surface area contributed by atoms with Gasteiger partial charge in [0.25, 0.3) is 0 Å². The minimum absolute atomic E-state index is 0.195. The molecule has 0 spiro atoms. The molecule has 2 aromatic rings. The quantitative estimate of drug-likeness (QED) is 0.854. The second kappa shape index (κ2) is 6.65. The maximum atomic E-state index is 12.0. The highest BCUT2D eigenvalue weighted by atomic mass is 16.5. The van der Waals surface area contributed by atoms with E-state index in [9.17, 15) is 9.59 Å². The second-order valence-corrected chi connectivity index (χ2v) is 4.38. The van der Waals surface area contributed by atoms with Gasteiger partial charge in [-0.15, -0.1) is 0 Å². The minimum atomic E-state index is -1.04. The Morgan fingerprint density at radius 2 is 1.90 bits per heavy atom. The van der Waals surface area contributed by atoms with Crippen molar-refractivity contribution in [3.63, 3.8) is 0 Å². The fourth-order valence-corrected chi connectivity index (χ4v) is 1.95.